The van der Waals surface area contributed by atoms with E-state index in [2.05, 4.69) is 6.58 Å². The van der Waals surface area contributed by atoms with Gasteiger partial charge in [-0.1, -0.05) is 6.08 Å². The van der Waals surface area contributed by atoms with Crippen molar-refractivity contribution in [2.75, 3.05) is 13.1 Å². The van der Waals surface area contributed by atoms with E-state index in [4.69, 9.17) is 0 Å². The molecule has 0 radical (unpaired) electrons. The molecule has 1 rings (SSSR count). The van der Waals surface area contributed by atoms with E-state index in [9.17, 15) is 23.4 Å². The zero-order valence-corrected chi connectivity index (χ0v) is 10.2. The van der Waals surface area contributed by atoms with Crippen LogP contribution in [0.1, 0.15) is 25.7 Å². The predicted octanol–water partition coefficient (Wildman–Crippen LogP) is 1.70. The van der Waals surface area contributed by atoms with E-state index in [0.29, 0.717) is 32.2 Å². The third-order valence-corrected chi connectivity index (χ3v) is 3.26. The molecule has 0 unspecified atom stereocenters. The Morgan fingerprint density at radius 1 is 1.39 bits per heavy atom. The van der Waals surface area contributed by atoms with Gasteiger partial charge in [-0.15, -0.1) is 6.58 Å². The molecule has 6 heteroatoms. The number of hydrogen-bond donors (Lipinski definition) is 2. The van der Waals surface area contributed by atoms with E-state index >= 15 is 0 Å². The summed E-state index contributed by atoms with van der Waals surface area (Å²) in [5.41, 5.74) is 0. The fourth-order valence-corrected chi connectivity index (χ4v) is 2.33. The van der Waals surface area contributed by atoms with Crippen molar-refractivity contribution in [3.8, 4) is 0 Å². The van der Waals surface area contributed by atoms with Crippen molar-refractivity contribution in [1.29, 1.82) is 0 Å². The summed E-state index contributed by atoms with van der Waals surface area (Å²) in [5.74, 6) is 0. The maximum atomic E-state index is 12.5. The number of alkyl halides is 3. The molecule has 0 bridgehead atoms. The zero-order valence-electron chi connectivity index (χ0n) is 10.2. The third kappa shape index (κ3) is 4.26. The molecule has 0 amide bonds. The number of aliphatic hydroxyl groups is 2. The highest BCUT2D eigenvalue weighted by Gasteiger charge is 2.47. The molecule has 2 N–H and O–H groups in total. The van der Waals surface area contributed by atoms with Gasteiger partial charge in [0.1, 0.15) is 0 Å². The van der Waals surface area contributed by atoms with Crippen molar-refractivity contribution in [2.24, 2.45) is 0 Å². The van der Waals surface area contributed by atoms with Crippen LogP contribution >= 0.6 is 0 Å². The van der Waals surface area contributed by atoms with Crippen molar-refractivity contribution in [2.45, 2.75) is 50.1 Å². The molecule has 0 aromatic carbocycles. The standard InChI is InChI=1S/C12H20F3NO2/c1-2-3-5-9(17)8-16-7-4-6-10(16)11(18)12(13,14)15/h2,9-11,17-18H,1,3-8H2/t9-,10+,11-/m0/s1. The first-order valence-corrected chi connectivity index (χ1v) is 6.14. The summed E-state index contributed by atoms with van der Waals surface area (Å²) in [7, 11) is 0. The van der Waals surface area contributed by atoms with Crippen LogP contribution in [-0.2, 0) is 0 Å². The SMILES string of the molecule is C=CCC[C@H](O)CN1CCC[C@@H]1[C@H](O)C(F)(F)F. The molecule has 0 aliphatic carbocycles. The van der Waals surface area contributed by atoms with Crippen LogP contribution in [0.4, 0.5) is 13.2 Å². The predicted molar refractivity (Wildman–Crippen MR) is 62.1 cm³/mol. The Balaban J connectivity index is 2.51. The largest absolute Gasteiger partial charge is 0.415 e. The van der Waals surface area contributed by atoms with Crippen LogP contribution in [0.5, 0.6) is 0 Å². The van der Waals surface area contributed by atoms with E-state index in [1.165, 1.54) is 4.90 Å². The van der Waals surface area contributed by atoms with Crippen LogP contribution < -0.4 is 0 Å². The van der Waals surface area contributed by atoms with Crippen LogP contribution in [0.3, 0.4) is 0 Å². The fourth-order valence-electron chi connectivity index (χ4n) is 2.33. The molecule has 106 valence electrons. The lowest BCUT2D eigenvalue weighted by atomic mass is 10.1. The normalized spacial score (nSPS) is 25.1. The van der Waals surface area contributed by atoms with E-state index in [1.807, 2.05) is 0 Å². The van der Waals surface area contributed by atoms with Crippen LogP contribution in [0, 0.1) is 0 Å². The monoisotopic (exact) mass is 267 g/mol. The molecule has 0 saturated carbocycles. The fraction of sp³-hybridized carbons (Fsp3) is 0.833. The Hall–Kier alpha value is -0.590. The van der Waals surface area contributed by atoms with E-state index in [1.54, 1.807) is 6.08 Å². The second kappa shape index (κ2) is 6.54. The van der Waals surface area contributed by atoms with Gasteiger partial charge in [-0.25, -0.2) is 0 Å². The number of likely N-dealkylation sites (tertiary alicyclic amines) is 1. The molecule has 1 heterocycles. The Kier molecular flexibility index (Phi) is 5.62. The average Bonchev–Trinajstić information content (AvgIpc) is 2.72. The third-order valence-electron chi connectivity index (χ3n) is 3.26. The van der Waals surface area contributed by atoms with Crippen molar-refractivity contribution in [3.05, 3.63) is 12.7 Å². The first-order valence-electron chi connectivity index (χ1n) is 6.14. The quantitative estimate of drug-likeness (QED) is 0.720. The minimum absolute atomic E-state index is 0.172. The molecular weight excluding hydrogens is 247 g/mol. The summed E-state index contributed by atoms with van der Waals surface area (Å²) >= 11 is 0. The second-order valence-corrected chi connectivity index (χ2v) is 4.71. The number of nitrogens with zero attached hydrogens (tertiary/aromatic N) is 1. The summed E-state index contributed by atoms with van der Waals surface area (Å²) in [4.78, 5) is 1.53. The van der Waals surface area contributed by atoms with Gasteiger partial charge in [-0.3, -0.25) is 4.90 Å². The van der Waals surface area contributed by atoms with Crippen LogP contribution in [0.25, 0.3) is 0 Å². The molecule has 3 nitrogen and oxygen atoms in total. The minimum atomic E-state index is -4.60. The van der Waals surface area contributed by atoms with Gasteiger partial charge in [0.15, 0.2) is 6.10 Å². The second-order valence-electron chi connectivity index (χ2n) is 4.71. The molecule has 3 atom stereocenters. The number of allylic oxidation sites excluding steroid dienone is 1. The topological polar surface area (TPSA) is 43.7 Å². The Morgan fingerprint density at radius 2 is 2.06 bits per heavy atom. The van der Waals surface area contributed by atoms with Gasteiger partial charge in [0, 0.05) is 12.6 Å². The molecule has 1 aliphatic heterocycles. The summed E-state index contributed by atoms with van der Waals surface area (Å²) < 4.78 is 37.4. The summed E-state index contributed by atoms with van der Waals surface area (Å²) in [6, 6.07) is -0.927. The van der Waals surface area contributed by atoms with Crippen LogP contribution in [0.2, 0.25) is 0 Å². The smallest absolute Gasteiger partial charge is 0.392 e. The van der Waals surface area contributed by atoms with Gasteiger partial charge in [-0.2, -0.15) is 13.2 Å². The molecule has 1 fully saturated rings. The lowest BCUT2D eigenvalue weighted by Crippen LogP contribution is -2.48. The molecule has 1 saturated heterocycles. The lowest BCUT2D eigenvalue weighted by molar-refractivity contribution is -0.219. The molecule has 0 spiro atoms. The van der Waals surface area contributed by atoms with E-state index < -0.39 is 24.4 Å². The molecule has 1 aliphatic rings. The number of aliphatic hydroxyl groups excluding tert-OH is 2. The number of β-amino-alcohol motifs (C(OH)–C–C–N with tert-alkyl or cyclic N) is 1. The zero-order chi connectivity index (χ0) is 13.8. The van der Waals surface area contributed by atoms with Gasteiger partial charge >= 0.3 is 6.18 Å². The van der Waals surface area contributed by atoms with Gasteiger partial charge in [0.25, 0.3) is 0 Å². The first-order chi connectivity index (χ1) is 8.36. The van der Waals surface area contributed by atoms with Gasteiger partial charge in [-0.05, 0) is 32.2 Å². The molecule has 18 heavy (non-hydrogen) atoms. The maximum absolute atomic E-state index is 12.5. The number of hydrogen-bond acceptors (Lipinski definition) is 3. The summed E-state index contributed by atoms with van der Waals surface area (Å²) in [6.07, 6.45) is -3.90. The minimum Gasteiger partial charge on any atom is -0.392 e. The molecule has 0 aromatic heterocycles. The van der Waals surface area contributed by atoms with Crippen molar-refractivity contribution >= 4 is 0 Å². The first kappa shape index (κ1) is 15.5. The Morgan fingerprint density at radius 3 is 2.61 bits per heavy atom. The maximum Gasteiger partial charge on any atom is 0.415 e. The average molecular weight is 267 g/mol. The molecule has 0 aromatic rings. The van der Waals surface area contributed by atoms with Gasteiger partial charge in [0.2, 0.25) is 0 Å². The summed E-state index contributed by atoms with van der Waals surface area (Å²) in [5, 5.41) is 19.0. The van der Waals surface area contributed by atoms with E-state index in [0.717, 1.165) is 0 Å². The van der Waals surface area contributed by atoms with Crippen LogP contribution in [-0.4, -0.2) is 52.6 Å². The highest BCUT2D eigenvalue weighted by atomic mass is 19.4. The lowest BCUT2D eigenvalue weighted by Gasteiger charge is -2.31. The van der Waals surface area contributed by atoms with Gasteiger partial charge < -0.3 is 10.2 Å². The molecular formula is C12H20F3NO2. The highest BCUT2D eigenvalue weighted by molar-refractivity contribution is 4.89. The van der Waals surface area contributed by atoms with Crippen LogP contribution in [0.15, 0.2) is 12.7 Å². The summed E-state index contributed by atoms with van der Waals surface area (Å²) in [6.45, 7) is 4.19. The Bertz CT molecular complexity index is 271. The van der Waals surface area contributed by atoms with Crippen molar-refractivity contribution in [3.63, 3.8) is 0 Å². The number of rotatable bonds is 6. The highest BCUT2D eigenvalue weighted by Crippen LogP contribution is 2.30. The Labute approximate surface area is 105 Å². The van der Waals surface area contributed by atoms with Crippen molar-refractivity contribution in [1.82, 2.24) is 4.90 Å². The number of halogens is 3. The van der Waals surface area contributed by atoms with Gasteiger partial charge in [0.05, 0.1) is 6.10 Å². The van der Waals surface area contributed by atoms with E-state index in [-0.39, 0.29) is 6.54 Å². The van der Waals surface area contributed by atoms with Crippen molar-refractivity contribution < 1.29 is 23.4 Å².